The van der Waals surface area contributed by atoms with E-state index in [1.165, 1.54) is 6.92 Å². The molecule has 1 saturated heterocycles. The second-order valence-electron chi connectivity index (χ2n) is 6.61. The number of likely N-dealkylation sites (tertiary alicyclic amines) is 1. The normalized spacial score (nSPS) is 22.2. The molecular weight excluding hydrogens is 354 g/mol. The number of fused-ring (bicyclic) bond motifs is 1. The van der Waals surface area contributed by atoms with Gasteiger partial charge >= 0.3 is 5.97 Å². The second kappa shape index (κ2) is 9.29. The highest BCUT2D eigenvalue weighted by molar-refractivity contribution is 6.08. The maximum Gasteiger partial charge on any atom is 0.329 e. The zero-order chi connectivity index (χ0) is 20.0. The maximum atomic E-state index is 12.4. The number of imide groups is 1. The number of amides is 4. The van der Waals surface area contributed by atoms with E-state index in [0.29, 0.717) is 19.4 Å². The van der Waals surface area contributed by atoms with E-state index in [4.69, 9.17) is 4.74 Å². The van der Waals surface area contributed by atoms with Crippen LogP contribution in [-0.4, -0.2) is 60.2 Å². The van der Waals surface area contributed by atoms with E-state index in [-0.39, 0.29) is 24.3 Å². The first-order chi connectivity index (χ1) is 12.9. The van der Waals surface area contributed by atoms with Crippen LogP contribution in [0.15, 0.2) is 12.2 Å². The Kier molecular flexibility index (Phi) is 7.09. The molecule has 148 valence electrons. The van der Waals surface area contributed by atoms with Crippen LogP contribution in [0.25, 0.3) is 0 Å². The van der Waals surface area contributed by atoms with Gasteiger partial charge in [-0.3, -0.25) is 24.1 Å². The van der Waals surface area contributed by atoms with Gasteiger partial charge in [0.05, 0.1) is 18.4 Å². The molecule has 2 rings (SSSR count). The molecule has 2 aliphatic rings. The van der Waals surface area contributed by atoms with E-state index < -0.39 is 36.4 Å². The van der Waals surface area contributed by atoms with Crippen molar-refractivity contribution in [2.45, 2.75) is 39.2 Å². The van der Waals surface area contributed by atoms with E-state index in [1.54, 1.807) is 0 Å². The number of hydrogen-bond donors (Lipinski definition) is 2. The van der Waals surface area contributed by atoms with Gasteiger partial charge in [-0.1, -0.05) is 19.1 Å². The third kappa shape index (κ3) is 4.93. The van der Waals surface area contributed by atoms with Crippen LogP contribution in [0.4, 0.5) is 0 Å². The first kappa shape index (κ1) is 20.6. The number of nitrogens with one attached hydrogen (secondary N) is 2. The molecule has 9 heteroatoms. The summed E-state index contributed by atoms with van der Waals surface area (Å²) in [6, 6.07) is -1.10. The summed E-state index contributed by atoms with van der Waals surface area (Å²) in [5.41, 5.74) is 0. The van der Waals surface area contributed by atoms with Crippen molar-refractivity contribution >= 4 is 29.6 Å². The molecule has 0 aromatic carbocycles. The van der Waals surface area contributed by atoms with Gasteiger partial charge in [0, 0.05) is 6.54 Å². The molecule has 0 aromatic heterocycles. The lowest BCUT2D eigenvalue weighted by molar-refractivity contribution is -0.159. The third-order valence-electron chi connectivity index (χ3n) is 4.63. The topological polar surface area (TPSA) is 122 Å². The van der Waals surface area contributed by atoms with Crippen molar-refractivity contribution in [1.82, 2.24) is 15.5 Å². The van der Waals surface area contributed by atoms with Crippen LogP contribution in [0.2, 0.25) is 0 Å². The molecule has 1 heterocycles. The van der Waals surface area contributed by atoms with E-state index >= 15 is 0 Å². The lowest BCUT2D eigenvalue weighted by Gasteiger charge is -2.21. The molecular formula is C18H25N3O6. The van der Waals surface area contributed by atoms with Crippen molar-refractivity contribution in [2.75, 3.05) is 19.7 Å². The second-order valence-corrected chi connectivity index (χ2v) is 6.61. The molecule has 9 nitrogen and oxygen atoms in total. The Morgan fingerprint density at radius 2 is 1.70 bits per heavy atom. The Morgan fingerprint density at radius 1 is 1.11 bits per heavy atom. The fourth-order valence-electron chi connectivity index (χ4n) is 3.13. The Labute approximate surface area is 157 Å². The highest BCUT2D eigenvalue weighted by Gasteiger charge is 2.50. The first-order valence-corrected chi connectivity index (χ1v) is 9.08. The lowest BCUT2D eigenvalue weighted by atomic mass is 9.85. The lowest BCUT2D eigenvalue weighted by Crippen LogP contribution is -2.45. The summed E-state index contributed by atoms with van der Waals surface area (Å²) < 4.78 is 4.90. The molecule has 4 amide bonds. The molecule has 2 N–H and O–H groups in total. The van der Waals surface area contributed by atoms with Gasteiger partial charge in [0.15, 0.2) is 6.61 Å². The predicted octanol–water partition coefficient (Wildman–Crippen LogP) is -0.488. The summed E-state index contributed by atoms with van der Waals surface area (Å²) in [4.78, 5) is 61.1. The monoisotopic (exact) mass is 379 g/mol. The standard InChI is InChI=1S/C18H25N3O6/c1-3-8-19-14(22)9-20-15(23)10-27-18(26)11(2)21-16(24)12-6-4-5-7-13(12)17(21)25/h4-5,11-13H,3,6-10H2,1-2H3,(H,19,22)(H,20,23)/t11-,12-,13+/m0/s1. The van der Waals surface area contributed by atoms with Crippen LogP contribution >= 0.6 is 0 Å². The predicted molar refractivity (Wildman–Crippen MR) is 93.9 cm³/mol. The zero-order valence-electron chi connectivity index (χ0n) is 15.5. The van der Waals surface area contributed by atoms with Crippen LogP contribution in [0.5, 0.6) is 0 Å². The highest BCUT2D eigenvalue weighted by atomic mass is 16.5. The van der Waals surface area contributed by atoms with Crippen molar-refractivity contribution < 1.29 is 28.7 Å². The molecule has 1 fully saturated rings. The van der Waals surface area contributed by atoms with Gasteiger partial charge in [-0.2, -0.15) is 0 Å². The fourth-order valence-corrected chi connectivity index (χ4v) is 3.13. The largest absolute Gasteiger partial charge is 0.454 e. The molecule has 27 heavy (non-hydrogen) atoms. The van der Waals surface area contributed by atoms with E-state index in [2.05, 4.69) is 10.6 Å². The summed E-state index contributed by atoms with van der Waals surface area (Å²) in [6.45, 7) is 3.01. The van der Waals surface area contributed by atoms with Crippen molar-refractivity contribution in [3.8, 4) is 0 Å². The Morgan fingerprint density at radius 3 is 2.26 bits per heavy atom. The molecule has 0 radical (unpaired) electrons. The Bertz CT molecular complexity index is 633. The first-order valence-electron chi connectivity index (χ1n) is 9.08. The minimum absolute atomic E-state index is 0.217. The molecule has 0 saturated carbocycles. The summed E-state index contributed by atoms with van der Waals surface area (Å²) in [7, 11) is 0. The average Bonchev–Trinajstić information content (AvgIpc) is 2.93. The number of ether oxygens (including phenoxy) is 1. The molecule has 1 aliphatic carbocycles. The zero-order valence-corrected chi connectivity index (χ0v) is 15.5. The van der Waals surface area contributed by atoms with Crippen LogP contribution in [0.1, 0.15) is 33.1 Å². The van der Waals surface area contributed by atoms with Gasteiger partial charge in [-0.25, -0.2) is 4.79 Å². The van der Waals surface area contributed by atoms with E-state index in [0.717, 1.165) is 11.3 Å². The summed E-state index contributed by atoms with van der Waals surface area (Å²) in [6.07, 6.45) is 5.46. The smallest absolute Gasteiger partial charge is 0.329 e. The molecule has 1 aliphatic heterocycles. The third-order valence-corrected chi connectivity index (χ3v) is 4.63. The van der Waals surface area contributed by atoms with Crippen LogP contribution < -0.4 is 10.6 Å². The van der Waals surface area contributed by atoms with Crippen molar-refractivity contribution in [2.24, 2.45) is 11.8 Å². The van der Waals surface area contributed by atoms with Gasteiger partial charge in [-0.05, 0) is 26.2 Å². The highest BCUT2D eigenvalue weighted by Crippen LogP contribution is 2.36. The number of rotatable bonds is 8. The van der Waals surface area contributed by atoms with Gasteiger partial charge in [-0.15, -0.1) is 0 Å². The number of hydrogen-bond acceptors (Lipinski definition) is 6. The van der Waals surface area contributed by atoms with E-state index in [9.17, 15) is 24.0 Å². The Hall–Kier alpha value is -2.71. The van der Waals surface area contributed by atoms with Crippen molar-refractivity contribution in [3.05, 3.63) is 12.2 Å². The van der Waals surface area contributed by atoms with Crippen LogP contribution in [0.3, 0.4) is 0 Å². The fraction of sp³-hybridized carbons (Fsp3) is 0.611. The Balaban J connectivity index is 1.80. The average molecular weight is 379 g/mol. The molecule has 0 unspecified atom stereocenters. The van der Waals surface area contributed by atoms with Gasteiger partial charge < -0.3 is 15.4 Å². The number of allylic oxidation sites excluding steroid dienone is 2. The summed E-state index contributed by atoms with van der Waals surface area (Å²) >= 11 is 0. The van der Waals surface area contributed by atoms with Crippen LogP contribution in [0, 0.1) is 11.8 Å². The molecule has 0 bridgehead atoms. The van der Waals surface area contributed by atoms with Gasteiger partial charge in [0.2, 0.25) is 17.7 Å². The summed E-state index contributed by atoms with van der Waals surface area (Å²) in [5, 5.41) is 4.92. The minimum atomic E-state index is -1.10. The van der Waals surface area contributed by atoms with Gasteiger partial charge in [0.1, 0.15) is 6.04 Å². The minimum Gasteiger partial charge on any atom is -0.454 e. The SMILES string of the molecule is CCCNC(=O)CNC(=O)COC(=O)[C@H](C)N1C(=O)[C@H]2CC=CC[C@H]2C1=O. The van der Waals surface area contributed by atoms with E-state index in [1.807, 2.05) is 19.1 Å². The summed E-state index contributed by atoms with van der Waals surface area (Å²) in [5.74, 6) is -3.43. The van der Waals surface area contributed by atoms with Crippen molar-refractivity contribution in [3.63, 3.8) is 0 Å². The number of esters is 1. The number of carbonyl (C=O) groups is 5. The van der Waals surface area contributed by atoms with Crippen molar-refractivity contribution in [1.29, 1.82) is 0 Å². The molecule has 0 spiro atoms. The number of carbonyl (C=O) groups excluding carboxylic acids is 5. The molecule has 3 atom stereocenters. The van der Waals surface area contributed by atoms with Crippen LogP contribution in [-0.2, 0) is 28.7 Å². The maximum absolute atomic E-state index is 12.4. The quantitative estimate of drug-likeness (QED) is 0.333. The molecule has 0 aromatic rings. The number of nitrogens with zero attached hydrogens (tertiary/aromatic N) is 1. The van der Waals surface area contributed by atoms with Gasteiger partial charge in [0.25, 0.3) is 5.91 Å².